The highest BCUT2D eigenvalue weighted by atomic mass is 16.5. The largest absolute Gasteiger partial charge is 0.475 e. The van der Waals surface area contributed by atoms with Crippen LogP contribution in [-0.2, 0) is 4.74 Å². The molecule has 0 fully saturated rings. The molecule has 7 heteroatoms. The number of pyridine rings is 1. The SMILES string of the molecule is CCN1C=C2N=C(C=Cc3ccc(OCCOC)nc3)N=C2N(CC)C1. The maximum atomic E-state index is 5.46. The maximum absolute atomic E-state index is 5.46. The minimum Gasteiger partial charge on any atom is -0.475 e. The van der Waals surface area contributed by atoms with Crippen LogP contribution in [0.3, 0.4) is 0 Å². The zero-order valence-corrected chi connectivity index (χ0v) is 15.6. The number of aliphatic imine (C=N–C) groups is 2. The van der Waals surface area contributed by atoms with Crippen LogP contribution in [0.15, 0.2) is 46.3 Å². The molecule has 0 aromatic carbocycles. The van der Waals surface area contributed by atoms with E-state index in [9.17, 15) is 0 Å². The fourth-order valence-corrected chi connectivity index (χ4v) is 2.68. The molecule has 7 nitrogen and oxygen atoms in total. The molecule has 0 atom stereocenters. The average molecular weight is 355 g/mol. The van der Waals surface area contributed by atoms with E-state index in [1.54, 1.807) is 13.3 Å². The van der Waals surface area contributed by atoms with Crippen molar-refractivity contribution in [1.29, 1.82) is 0 Å². The van der Waals surface area contributed by atoms with Gasteiger partial charge < -0.3 is 19.3 Å². The monoisotopic (exact) mass is 355 g/mol. The van der Waals surface area contributed by atoms with E-state index in [1.165, 1.54) is 0 Å². The minimum atomic E-state index is 0.491. The number of amidine groups is 2. The van der Waals surface area contributed by atoms with Gasteiger partial charge in [-0.2, -0.15) is 0 Å². The van der Waals surface area contributed by atoms with Crippen molar-refractivity contribution in [2.45, 2.75) is 13.8 Å². The number of hydrogen-bond donors (Lipinski definition) is 0. The van der Waals surface area contributed by atoms with Crippen LogP contribution in [0.5, 0.6) is 5.88 Å². The van der Waals surface area contributed by atoms with Crippen molar-refractivity contribution in [1.82, 2.24) is 14.8 Å². The number of aromatic nitrogens is 1. The van der Waals surface area contributed by atoms with E-state index >= 15 is 0 Å². The van der Waals surface area contributed by atoms with Crippen LogP contribution in [0.4, 0.5) is 0 Å². The standard InChI is InChI=1S/C19H25N5O2/c1-4-23-13-16-19(24(5-2)14-23)22-17(21-16)8-6-15-7-9-18(20-12-15)26-11-10-25-3/h6-9,12-13H,4-5,10-11,14H2,1-3H3. The third kappa shape index (κ3) is 4.29. The summed E-state index contributed by atoms with van der Waals surface area (Å²) in [6.07, 6.45) is 7.73. The first-order valence-corrected chi connectivity index (χ1v) is 8.88. The van der Waals surface area contributed by atoms with Gasteiger partial charge in [0.25, 0.3) is 0 Å². The van der Waals surface area contributed by atoms with E-state index in [0.29, 0.717) is 24.9 Å². The molecular formula is C19H25N5O2. The molecule has 0 N–H and O–H groups in total. The molecule has 0 bridgehead atoms. The Morgan fingerprint density at radius 3 is 2.69 bits per heavy atom. The van der Waals surface area contributed by atoms with Gasteiger partial charge in [0.05, 0.1) is 13.3 Å². The Kier molecular flexibility index (Phi) is 6.01. The molecule has 2 aliphatic rings. The highest BCUT2D eigenvalue weighted by Crippen LogP contribution is 2.20. The van der Waals surface area contributed by atoms with Crippen molar-refractivity contribution in [3.63, 3.8) is 0 Å². The molecule has 1 aromatic heterocycles. The van der Waals surface area contributed by atoms with Crippen LogP contribution in [0, 0.1) is 0 Å². The first kappa shape index (κ1) is 18.1. The third-order valence-corrected chi connectivity index (χ3v) is 4.15. The quantitative estimate of drug-likeness (QED) is 0.670. The van der Waals surface area contributed by atoms with Gasteiger partial charge in [-0.3, -0.25) is 0 Å². The lowest BCUT2D eigenvalue weighted by Gasteiger charge is -2.33. The van der Waals surface area contributed by atoms with Crippen LogP contribution in [0.1, 0.15) is 19.4 Å². The Morgan fingerprint density at radius 1 is 1.12 bits per heavy atom. The fraction of sp³-hybridized carbons (Fsp3) is 0.421. The molecule has 2 aliphatic heterocycles. The summed E-state index contributed by atoms with van der Waals surface area (Å²) < 4.78 is 10.4. The van der Waals surface area contributed by atoms with Crippen molar-refractivity contribution >= 4 is 17.7 Å². The molecular weight excluding hydrogens is 330 g/mol. The van der Waals surface area contributed by atoms with Gasteiger partial charge in [-0.15, -0.1) is 0 Å². The zero-order valence-electron chi connectivity index (χ0n) is 15.6. The number of likely N-dealkylation sites (N-methyl/N-ethyl adjacent to an activating group) is 1. The van der Waals surface area contributed by atoms with E-state index in [2.05, 4.69) is 44.8 Å². The molecule has 0 unspecified atom stereocenters. The van der Waals surface area contributed by atoms with Crippen LogP contribution < -0.4 is 4.74 Å². The Hall–Kier alpha value is -2.67. The van der Waals surface area contributed by atoms with Crippen molar-refractivity contribution in [2.75, 3.05) is 40.1 Å². The average Bonchev–Trinajstić information content (AvgIpc) is 3.09. The van der Waals surface area contributed by atoms with Crippen LogP contribution in [-0.4, -0.2) is 66.5 Å². The molecule has 1 aromatic rings. The number of fused-ring (bicyclic) bond motifs is 1. The van der Waals surface area contributed by atoms with Crippen LogP contribution >= 0.6 is 0 Å². The maximum Gasteiger partial charge on any atom is 0.213 e. The summed E-state index contributed by atoms with van der Waals surface area (Å²) in [5.41, 5.74) is 1.90. The van der Waals surface area contributed by atoms with Gasteiger partial charge in [0.1, 0.15) is 12.3 Å². The van der Waals surface area contributed by atoms with Gasteiger partial charge in [-0.1, -0.05) is 0 Å². The Balaban J connectivity index is 1.66. The van der Waals surface area contributed by atoms with Gasteiger partial charge in [-0.25, -0.2) is 15.0 Å². The van der Waals surface area contributed by atoms with E-state index < -0.39 is 0 Å². The molecule has 0 amide bonds. The minimum absolute atomic E-state index is 0.491. The second-order valence-corrected chi connectivity index (χ2v) is 5.93. The number of ether oxygens (including phenoxy) is 2. The number of rotatable bonds is 8. The highest BCUT2D eigenvalue weighted by molar-refractivity contribution is 6.16. The summed E-state index contributed by atoms with van der Waals surface area (Å²) >= 11 is 0. The van der Waals surface area contributed by atoms with Gasteiger partial charge in [0.15, 0.2) is 11.7 Å². The predicted molar refractivity (Wildman–Crippen MR) is 103 cm³/mol. The molecule has 0 spiro atoms. The Labute approximate surface area is 154 Å². The van der Waals surface area contributed by atoms with Crippen LogP contribution in [0.2, 0.25) is 0 Å². The molecule has 3 heterocycles. The van der Waals surface area contributed by atoms with Crippen molar-refractivity contribution in [2.24, 2.45) is 9.98 Å². The third-order valence-electron chi connectivity index (χ3n) is 4.15. The lowest BCUT2D eigenvalue weighted by Crippen LogP contribution is -2.43. The zero-order chi connectivity index (χ0) is 18.4. The number of methoxy groups -OCH3 is 1. The summed E-state index contributed by atoms with van der Waals surface area (Å²) in [6, 6.07) is 3.80. The summed E-state index contributed by atoms with van der Waals surface area (Å²) in [4.78, 5) is 18.1. The lowest BCUT2D eigenvalue weighted by atomic mass is 10.2. The molecule has 138 valence electrons. The van der Waals surface area contributed by atoms with Crippen molar-refractivity contribution in [3.8, 4) is 5.88 Å². The van der Waals surface area contributed by atoms with Crippen molar-refractivity contribution in [3.05, 3.63) is 41.9 Å². The normalized spacial score (nSPS) is 16.5. The van der Waals surface area contributed by atoms with Gasteiger partial charge >= 0.3 is 0 Å². The lowest BCUT2D eigenvalue weighted by molar-refractivity contribution is 0.144. The number of hydrogen-bond acceptors (Lipinski definition) is 7. The summed E-state index contributed by atoms with van der Waals surface area (Å²) in [5, 5.41) is 0. The molecule has 0 saturated heterocycles. The van der Waals surface area contributed by atoms with Gasteiger partial charge in [0.2, 0.25) is 5.88 Å². The smallest absolute Gasteiger partial charge is 0.213 e. The van der Waals surface area contributed by atoms with E-state index in [1.807, 2.05) is 24.3 Å². The van der Waals surface area contributed by atoms with E-state index in [4.69, 9.17) is 9.47 Å². The number of nitrogens with zero attached hydrogens (tertiary/aromatic N) is 5. The van der Waals surface area contributed by atoms with Crippen molar-refractivity contribution < 1.29 is 9.47 Å². The molecule has 3 rings (SSSR count). The molecule has 0 aliphatic carbocycles. The first-order valence-electron chi connectivity index (χ1n) is 8.88. The molecule has 0 radical (unpaired) electrons. The Bertz CT molecular complexity index is 737. The van der Waals surface area contributed by atoms with Gasteiger partial charge in [-0.05, 0) is 37.6 Å². The topological polar surface area (TPSA) is 62.6 Å². The van der Waals surface area contributed by atoms with E-state index in [-0.39, 0.29) is 0 Å². The summed E-state index contributed by atoms with van der Waals surface area (Å²) in [6.45, 7) is 8.04. The van der Waals surface area contributed by atoms with Crippen LogP contribution in [0.25, 0.3) is 6.08 Å². The molecule has 0 saturated carbocycles. The fourth-order valence-electron chi connectivity index (χ4n) is 2.68. The molecule has 26 heavy (non-hydrogen) atoms. The highest BCUT2D eigenvalue weighted by Gasteiger charge is 2.26. The Morgan fingerprint density at radius 2 is 2.00 bits per heavy atom. The summed E-state index contributed by atoms with van der Waals surface area (Å²) in [5.74, 6) is 2.26. The predicted octanol–water partition coefficient (Wildman–Crippen LogP) is 2.39. The second-order valence-electron chi connectivity index (χ2n) is 5.93. The van der Waals surface area contributed by atoms with E-state index in [0.717, 1.165) is 36.9 Å². The second kappa shape index (κ2) is 8.62. The van der Waals surface area contributed by atoms with Gasteiger partial charge in [0, 0.05) is 38.7 Å². The summed E-state index contributed by atoms with van der Waals surface area (Å²) in [7, 11) is 1.64. The first-order chi connectivity index (χ1) is 12.7.